The number of thioether (sulfide) groups is 1. The Labute approximate surface area is 187 Å². The molecule has 0 saturated heterocycles. The number of hydrogen-bond donors (Lipinski definition) is 0. The lowest BCUT2D eigenvalue weighted by Crippen LogP contribution is -2.14. The Hall–Kier alpha value is -3.04. The summed E-state index contributed by atoms with van der Waals surface area (Å²) < 4.78 is 11.4. The van der Waals surface area contributed by atoms with Gasteiger partial charge in [-0.25, -0.2) is 0 Å². The third-order valence-corrected chi connectivity index (χ3v) is 6.09. The molecule has 3 rings (SSSR count). The number of rotatable bonds is 8. The fourth-order valence-electron chi connectivity index (χ4n) is 3.58. The minimum atomic E-state index is -1.04. The van der Waals surface area contributed by atoms with Crippen molar-refractivity contribution in [2.45, 2.75) is 26.9 Å². The summed E-state index contributed by atoms with van der Waals surface area (Å²) in [5, 5.41) is 9.59. The van der Waals surface area contributed by atoms with Crippen LogP contribution in [0.1, 0.15) is 32.4 Å². The summed E-state index contributed by atoms with van der Waals surface area (Å²) >= 11 is 1.23. The molecule has 31 heavy (non-hydrogen) atoms. The van der Waals surface area contributed by atoms with E-state index in [0.29, 0.717) is 22.8 Å². The van der Waals surface area contributed by atoms with Gasteiger partial charge in [0, 0.05) is 5.56 Å². The van der Waals surface area contributed by atoms with E-state index >= 15 is 0 Å². The summed E-state index contributed by atoms with van der Waals surface area (Å²) in [5.74, 6) is 1.03. The number of ether oxygens (including phenoxy) is 2. The van der Waals surface area contributed by atoms with Gasteiger partial charge in [-0.15, -0.1) is 0 Å². The maximum absolute atomic E-state index is 12.8. The first-order chi connectivity index (χ1) is 14.9. The van der Waals surface area contributed by atoms with Gasteiger partial charge in [0.2, 0.25) is 11.2 Å². The Balaban J connectivity index is 1.67. The molecule has 2 aromatic rings. The van der Waals surface area contributed by atoms with E-state index in [-0.39, 0.29) is 22.4 Å². The van der Waals surface area contributed by atoms with Crippen molar-refractivity contribution in [2.75, 3.05) is 5.75 Å². The summed E-state index contributed by atoms with van der Waals surface area (Å²) in [6.07, 6.45) is 2.28. The zero-order valence-electron chi connectivity index (χ0n) is 17.8. The second-order valence-corrected chi connectivity index (χ2v) is 9.14. The molecule has 0 spiro atoms. The molecule has 0 heterocycles. The molecule has 3 atom stereocenters. The van der Waals surface area contributed by atoms with Crippen LogP contribution in [-0.4, -0.2) is 16.8 Å². The topological polar surface area (TPSA) is 76.4 Å². The van der Waals surface area contributed by atoms with Crippen LogP contribution in [0.25, 0.3) is 0 Å². The molecule has 1 aliphatic carbocycles. The predicted octanol–water partition coefficient (Wildman–Crippen LogP) is 5.69. The lowest BCUT2D eigenvalue weighted by atomic mass is 10.1. The molecule has 0 bridgehead atoms. The highest BCUT2D eigenvalue weighted by Gasteiger charge is 2.61. The fraction of sp³-hybridized carbons (Fsp3) is 0.320. The lowest BCUT2D eigenvalue weighted by molar-refractivity contribution is -0.149. The van der Waals surface area contributed by atoms with Crippen molar-refractivity contribution in [1.29, 1.82) is 5.26 Å². The first-order valence-corrected chi connectivity index (χ1v) is 11.1. The smallest absolute Gasteiger partial charge is 0.311 e. The summed E-state index contributed by atoms with van der Waals surface area (Å²) in [4.78, 5) is 24.5. The van der Waals surface area contributed by atoms with Gasteiger partial charge in [0.05, 0.1) is 5.92 Å². The predicted molar refractivity (Wildman–Crippen MR) is 120 cm³/mol. The largest absolute Gasteiger partial charge is 0.457 e. The molecule has 6 heteroatoms. The van der Waals surface area contributed by atoms with Gasteiger partial charge in [-0.3, -0.25) is 9.59 Å². The molecule has 0 amide bonds. The van der Waals surface area contributed by atoms with Gasteiger partial charge < -0.3 is 9.47 Å². The number of allylic oxidation sites excluding steroid dienone is 1. The van der Waals surface area contributed by atoms with Crippen molar-refractivity contribution >= 4 is 22.8 Å². The number of benzene rings is 2. The van der Waals surface area contributed by atoms with Crippen molar-refractivity contribution in [3.63, 3.8) is 0 Å². The van der Waals surface area contributed by atoms with Gasteiger partial charge in [-0.05, 0) is 47.4 Å². The van der Waals surface area contributed by atoms with Crippen molar-refractivity contribution in [1.82, 2.24) is 0 Å². The molecule has 0 N–H and O–H groups in total. The highest BCUT2D eigenvalue weighted by Crippen LogP contribution is 2.59. The van der Waals surface area contributed by atoms with Crippen molar-refractivity contribution in [3.05, 3.63) is 72.3 Å². The molecule has 2 aromatic carbocycles. The molecule has 1 saturated carbocycles. The number of para-hydroxylation sites is 1. The van der Waals surface area contributed by atoms with Gasteiger partial charge in [-0.1, -0.05) is 68.9 Å². The van der Waals surface area contributed by atoms with Crippen LogP contribution in [0.15, 0.2) is 66.7 Å². The van der Waals surface area contributed by atoms with Crippen LogP contribution in [-0.2, 0) is 14.3 Å². The van der Waals surface area contributed by atoms with Crippen molar-refractivity contribution in [2.24, 2.45) is 17.3 Å². The standard InChI is InChI=1S/C25H25NO4S/c1-4-31-22(27)14-13-20-23(25(20,2)3)24(28)30-21(16-26)17-9-8-12-19(15-17)29-18-10-6-5-7-11-18/h5-15,20-21,23H,4H2,1-3H3/t20-,21?,23-/m0/s1. The molecule has 1 aliphatic rings. The normalized spacial score (nSPS) is 19.9. The first kappa shape index (κ1) is 22.6. The van der Waals surface area contributed by atoms with Crippen LogP contribution < -0.4 is 4.74 Å². The molecular weight excluding hydrogens is 410 g/mol. The maximum Gasteiger partial charge on any atom is 0.311 e. The number of carbonyl (C=O) groups is 2. The summed E-state index contributed by atoms with van der Waals surface area (Å²) in [6.45, 7) is 5.84. The zero-order chi connectivity index (χ0) is 22.4. The Morgan fingerprint density at radius 2 is 1.87 bits per heavy atom. The fourth-order valence-corrected chi connectivity index (χ4v) is 4.04. The second kappa shape index (κ2) is 9.84. The Morgan fingerprint density at radius 1 is 1.16 bits per heavy atom. The monoisotopic (exact) mass is 435 g/mol. The maximum atomic E-state index is 12.8. The number of carbonyl (C=O) groups excluding carboxylic acids is 2. The SMILES string of the molecule is CCSC(=O)C=C[C@H]1[C@@H](C(=O)OC(C#N)c2cccc(Oc3ccccc3)c2)C1(C)C. The van der Waals surface area contributed by atoms with Crippen molar-refractivity contribution < 1.29 is 19.1 Å². The molecule has 0 aliphatic heterocycles. The average molecular weight is 436 g/mol. The first-order valence-electron chi connectivity index (χ1n) is 10.1. The van der Waals surface area contributed by atoms with E-state index in [0.717, 1.165) is 0 Å². The molecule has 0 aromatic heterocycles. The van der Waals surface area contributed by atoms with Gasteiger partial charge in [0.25, 0.3) is 0 Å². The lowest BCUT2D eigenvalue weighted by Gasteiger charge is -2.13. The molecule has 1 unspecified atom stereocenters. The quantitative estimate of drug-likeness (QED) is 0.391. The minimum absolute atomic E-state index is 0.0255. The van der Waals surface area contributed by atoms with Crippen LogP contribution in [0.2, 0.25) is 0 Å². The molecule has 160 valence electrons. The van der Waals surface area contributed by atoms with Gasteiger partial charge in [0.1, 0.15) is 17.6 Å². The summed E-state index contributed by atoms with van der Waals surface area (Å²) in [6, 6.07) is 18.3. The van der Waals surface area contributed by atoms with Gasteiger partial charge in [0.15, 0.2) is 0 Å². The third-order valence-electron chi connectivity index (χ3n) is 5.38. The van der Waals surface area contributed by atoms with Crippen LogP contribution in [0, 0.1) is 28.6 Å². The highest BCUT2D eigenvalue weighted by molar-refractivity contribution is 8.14. The van der Waals surface area contributed by atoms with Crippen LogP contribution in [0.5, 0.6) is 11.5 Å². The summed E-state index contributed by atoms with van der Waals surface area (Å²) in [5.41, 5.74) is 0.229. The zero-order valence-corrected chi connectivity index (χ0v) is 18.6. The molecule has 0 radical (unpaired) electrons. The van der Waals surface area contributed by atoms with E-state index in [2.05, 4.69) is 6.07 Å². The Bertz CT molecular complexity index is 1010. The molecule has 1 fully saturated rings. The van der Waals surface area contributed by atoms with Crippen LogP contribution in [0.3, 0.4) is 0 Å². The Morgan fingerprint density at radius 3 is 2.55 bits per heavy atom. The number of hydrogen-bond acceptors (Lipinski definition) is 6. The minimum Gasteiger partial charge on any atom is -0.457 e. The third kappa shape index (κ3) is 5.56. The van der Waals surface area contributed by atoms with E-state index in [4.69, 9.17) is 9.47 Å². The molecule has 5 nitrogen and oxygen atoms in total. The summed E-state index contributed by atoms with van der Waals surface area (Å²) in [7, 11) is 0. The number of nitriles is 1. The van der Waals surface area contributed by atoms with Gasteiger partial charge in [-0.2, -0.15) is 5.26 Å². The number of nitrogens with zero attached hydrogens (tertiary/aromatic N) is 1. The Kier molecular flexibility index (Phi) is 7.19. The van der Waals surface area contributed by atoms with E-state index < -0.39 is 12.1 Å². The average Bonchev–Trinajstić information content (AvgIpc) is 3.32. The number of esters is 1. The van der Waals surface area contributed by atoms with E-state index in [9.17, 15) is 14.9 Å². The van der Waals surface area contributed by atoms with Crippen LogP contribution in [0.4, 0.5) is 0 Å². The van der Waals surface area contributed by atoms with Crippen LogP contribution >= 0.6 is 11.8 Å². The van der Waals surface area contributed by atoms with Gasteiger partial charge >= 0.3 is 5.97 Å². The van der Waals surface area contributed by atoms with E-state index in [1.165, 1.54) is 17.8 Å². The molecular formula is C25H25NO4S. The van der Waals surface area contributed by atoms with E-state index in [1.807, 2.05) is 51.1 Å². The highest BCUT2D eigenvalue weighted by atomic mass is 32.2. The van der Waals surface area contributed by atoms with E-state index in [1.54, 1.807) is 30.3 Å². The van der Waals surface area contributed by atoms with Crippen molar-refractivity contribution in [3.8, 4) is 17.6 Å². The second-order valence-electron chi connectivity index (χ2n) is 7.87.